The van der Waals surface area contributed by atoms with Crippen LogP contribution in [0.15, 0.2) is 48.7 Å². The number of nitrogens with zero attached hydrogens (tertiary/aromatic N) is 2. The number of benzene rings is 2. The van der Waals surface area contributed by atoms with Crippen LogP contribution in [0.3, 0.4) is 0 Å². The molecule has 0 unspecified atom stereocenters. The Labute approximate surface area is 186 Å². The third-order valence-electron chi connectivity index (χ3n) is 6.27. The molecule has 2 N–H and O–H groups in total. The van der Waals surface area contributed by atoms with E-state index in [-0.39, 0.29) is 12.0 Å². The molecule has 1 atom stereocenters. The van der Waals surface area contributed by atoms with Crippen molar-refractivity contribution < 1.29 is 9.53 Å². The Morgan fingerprint density at radius 2 is 1.97 bits per heavy atom. The van der Waals surface area contributed by atoms with Crippen molar-refractivity contribution in [2.75, 3.05) is 19.7 Å². The number of ether oxygens (including phenoxy) is 1. The number of rotatable bonds is 5. The molecule has 1 aliphatic rings. The maximum atomic E-state index is 12.2. The van der Waals surface area contributed by atoms with E-state index in [0.29, 0.717) is 11.5 Å². The second kappa shape index (κ2) is 8.11. The maximum Gasteiger partial charge on any atom is 0.259 e. The molecular weight excluding hydrogens is 406 g/mol. The maximum absolute atomic E-state index is 12.2. The average molecular weight is 434 g/mol. The Kier molecular flexibility index (Phi) is 5.30. The number of para-hydroxylation sites is 1. The Morgan fingerprint density at radius 1 is 1.16 bits per heavy atom. The Hall–Kier alpha value is -2.67. The summed E-state index contributed by atoms with van der Waals surface area (Å²) in [5.41, 5.74) is 10.7. The van der Waals surface area contributed by atoms with E-state index in [2.05, 4.69) is 53.9 Å². The molecule has 0 saturated carbocycles. The van der Waals surface area contributed by atoms with Crippen LogP contribution in [0.1, 0.15) is 39.4 Å². The normalized spacial score (nSPS) is 17.5. The molecule has 160 valence electrons. The fourth-order valence-corrected chi connectivity index (χ4v) is 5.98. The van der Waals surface area contributed by atoms with Gasteiger partial charge in [0, 0.05) is 48.5 Å². The smallest absolute Gasteiger partial charge is 0.259 e. The number of amides is 1. The number of nitrogens with two attached hydrogens (primary N) is 1. The van der Waals surface area contributed by atoms with Crippen LogP contribution in [0.25, 0.3) is 21.0 Å². The van der Waals surface area contributed by atoms with Crippen LogP contribution in [0.4, 0.5) is 0 Å². The van der Waals surface area contributed by atoms with Crippen molar-refractivity contribution in [3.8, 4) is 0 Å². The molecule has 2 aromatic heterocycles. The predicted octanol–water partition coefficient (Wildman–Crippen LogP) is 4.63. The van der Waals surface area contributed by atoms with Gasteiger partial charge in [0.15, 0.2) is 0 Å². The van der Waals surface area contributed by atoms with E-state index in [1.54, 1.807) is 0 Å². The summed E-state index contributed by atoms with van der Waals surface area (Å²) in [4.78, 5) is 15.2. The molecule has 1 fully saturated rings. The largest absolute Gasteiger partial charge is 0.371 e. The highest BCUT2D eigenvalue weighted by molar-refractivity contribution is 7.21. The average Bonchev–Trinajstić information content (AvgIpc) is 3.32. The third-order valence-corrected chi connectivity index (χ3v) is 7.47. The molecule has 3 heterocycles. The van der Waals surface area contributed by atoms with E-state index in [4.69, 9.17) is 10.5 Å². The Morgan fingerprint density at radius 3 is 2.77 bits per heavy atom. The summed E-state index contributed by atoms with van der Waals surface area (Å²) in [6.07, 6.45) is 3.12. The van der Waals surface area contributed by atoms with Gasteiger partial charge in [-0.25, -0.2) is 0 Å². The SMILES string of the molecule is CCc1cccc2c(CN3CCO[C@H](c4c(C(N)=O)sc5ccccc45)C3)cn(C)c12. The summed E-state index contributed by atoms with van der Waals surface area (Å²) < 4.78 is 9.50. The first kappa shape index (κ1) is 20.2. The van der Waals surface area contributed by atoms with E-state index < -0.39 is 0 Å². The molecule has 0 spiro atoms. The zero-order valence-corrected chi connectivity index (χ0v) is 18.7. The molecule has 1 saturated heterocycles. The zero-order valence-electron chi connectivity index (χ0n) is 17.9. The number of hydrogen-bond donors (Lipinski definition) is 1. The summed E-state index contributed by atoms with van der Waals surface area (Å²) in [5.74, 6) is -0.377. The lowest BCUT2D eigenvalue weighted by atomic mass is 10.0. The van der Waals surface area contributed by atoms with Gasteiger partial charge in [0.05, 0.1) is 23.1 Å². The lowest BCUT2D eigenvalue weighted by Crippen LogP contribution is -2.38. The quantitative estimate of drug-likeness (QED) is 0.499. The number of primary amides is 1. The topological polar surface area (TPSA) is 60.5 Å². The van der Waals surface area contributed by atoms with Crippen molar-refractivity contribution in [3.05, 3.63) is 70.2 Å². The standard InChI is InChI=1S/C25H27N3O2S/c1-3-16-7-6-9-18-17(13-27(2)23(16)18)14-28-11-12-30-20(15-28)22-19-8-4-5-10-21(19)31-24(22)25(26)29/h4-10,13,20H,3,11-12,14-15H2,1-2H3,(H2,26,29)/t20-/m0/s1. The van der Waals surface area contributed by atoms with Crippen LogP contribution in [-0.4, -0.2) is 35.1 Å². The molecule has 5 nitrogen and oxygen atoms in total. The second-order valence-electron chi connectivity index (χ2n) is 8.23. The molecule has 5 rings (SSSR count). The van der Waals surface area contributed by atoms with Gasteiger partial charge >= 0.3 is 0 Å². The summed E-state index contributed by atoms with van der Waals surface area (Å²) >= 11 is 1.46. The number of aromatic nitrogens is 1. The molecule has 1 aliphatic heterocycles. The van der Waals surface area contributed by atoms with Gasteiger partial charge in [-0.05, 0) is 29.0 Å². The molecule has 0 bridgehead atoms. The van der Waals surface area contributed by atoms with Crippen molar-refractivity contribution in [3.63, 3.8) is 0 Å². The molecule has 4 aromatic rings. The molecular formula is C25H27N3O2S. The highest BCUT2D eigenvalue weighted by Crippen LogP contribution is 2.38. The van der Waals surface area contributed by atoms with Gasteiger partial charge in [-0.15, -0.1) is 11.3 Å². The van der Waals surface area contributed by atoms with Crippen LogP contribution < -0.4 is 5.73 Å². The highest BCUT2D eigenvalue weighted by Gasteiger charge is 2.29. The molecule has 2 aromatic carbocycles. The van der Waals surface area contributed by atoms with Crippen molar-refractivity contribution >= 4 is 38.2 Å². The first-order valence-electron chi connectivity index (χ1n) is 10.8. The van der Waals surface area contributed by atoms with E-state index in [1.165, 1.54) is 33.4 Å². The van der Waals surface area contributed by atoms with Crippen LogP contribution in [0.5, 0.6) is 0 Å². The zero-order chi connectivity index (χ0) is 21.5. The van der Waals surface area contributed by atoms with Crippen LogP contribution in [0, 0.1) is 0 Å². The van der Waals surface area contributed by atoms with Gasteiger partial charge in [0.1, 0.15) is 0 Å². The number of hydrogen-bond acceptors (Lipinski definition) is 4. The monoisotopic (exact) mass is 433 g/mol. The van der Waals surface area contributed by atoms with Crippen molar-refractivity contribution in [1.29, 1.82) is 0 Å². The first-order valence-corrected chi connectivity index (χ1v) is 11.6. The summed E-state index contributed by atoms with van der Waals surface area (Å²) in [5, 5.41) is 2.40. The minimum Gasteiger partial charge on any atom is -0.371 e. The number of carbonyl (C=O) groups is 1. The van der Waals surface area contributed by atoms with Crippen molar-refractivity contribution in [2.24, 2.45) is 12.8 Å². The van der Waals surface area contributed by atoms with Gasteiger partial charge in [-0.3, -0.25) is 9.69 Å². The van der Waals surface area contributed by atoms with Crippen molar-refractivity contribution in [2.45, 2.75) is 26.0 Å². The van der Waals surface area contributed by atoms with Crippen LogP contribution in [-0.2, 0) is 24.8 Å². The predicted molar refractivity (Wildman–Crippen MR) is 127 cm³/mol. The first-order chi connectivity index (χ1) is 15.1. The van der Waals surface area contributed by atoms with Gasteiger partial charge < -0.3 is 15.0 Å². The number of aryl methyl sites for hydroxylation is 2. The summed E-state index contributed by atoms with van der Waals surface area (Å²) in [6, 6.07) is 14.7. The highest BCUT2D eigenvalue weighted by atomic mass is 32.1. The lowest BCUT2D eigenvalue weighted by Gasteiger charge is -2.33. The molecule has 0 radical (unpaired) electrons. The van der Waals surface area contributed by atoms with Gasteiger partial charge in [-0.2, -0.15) is 0 Å². The van der Waals surface area contributed by atoms with Crippen molar-refractivity contribution in [1.82, 2.24) is 9.47 Å². The lowest BCUT2D eigenvalue weighted by molar-refractivity contribution is -0.0321. The Balaban J connectivity index is 1.46. The van der Waals surface area contributed by atoms with E-state index in [9.17, 15) is 4.79 Å². The second-order valence-corrected chi connectivity index (χ2v) is 9.28. The number of morpholine rings is 1. The van der Waals surface area contributed by atoms with Crippen LogP contribution >= 0.6 is 11.3 Å². The minimum atomic E-state index is -0.377. The number of carbonyl (C=O) groups excluding carboxylic acids is 1. The van der Waals surface area contributed by atoms with Gasteiger partial charge in [-0.1, -0.05) is 43.3 Å². The van der Waals surface area contributed by atoms with Crippen LogP contribution in [0.2, 0.25) is 0 Å². The number of fused-ring (bicyclic) bond motifs is 2. The number of thiophene rings is 1. The Bertz CT molecular complexity index is 1270. The third kappa shape index (κ3) is 3.55. The molecule has 1 amide bonds. The van der Waals surface area contributed by atoms with Gasteiger partial charge in [0.25, 0.3) is 5.91 Å². The summed E-state index contributed by atoms with van der Waals surface area (Å²) in [7, 11) is 2.13. The fraction of sp³-hybridized carbons (Fsp3) is 0.320. The summed E-state index contributed by atoms with van der Waals surface area (Å²) in [6.45, 7) is 5.31. The van der Waals surface area contributed by atoms with E-state index in [0.717, 1.165) is 41.7 Å². The molecule has 31 heavy (non-hydrogen) atoms. The molecule has 6 heteroatoms. The van der Waals surface area contributed by atoms with Gasteiger partial charge in [0.2, 0.25) is 0 Å². The van der Waals surface area contributed by atoms with E-state index in [1.807, 2.05) is 18.2 Å². The van der Waals surface area contributed by atoms with E-state index >= 15 is 0 Å². The molecule has 0 aliphatic carbocycles. The fourth-order valence-electron chi connectivity index (χ4n) is 4.88. The minimum absolute atomic E-state index is 0.159.